The van der Waals surface area contributed by atoms with E-state index in [0.717, 1.165) is 13.0 Å². The van der Waals surface area contributed by atoms with Crippen LogP contribution in [0.25, 0.3) is 0 Å². The molecule has 0 radical (unpaired) electrons. The average Bonchev–Trinajstić information content (AvgIpc) is 2.80. The van der Waals surface area contributed by atoms with Gasteiger partial charge in [-0.1, -0.05) is 46.3 Å². The fraction of sp³-hybridized carbons (Fsp3) is 0.538. The van der Waals surface area contributed by atoms with Crippen molar-refractivity contribution >= 4 is 15.9 Å². The minimum Gasteiger partial charge on any atom is -0.378 e. The second kappa shape index (κ2) is 5.66. The molecule has 1 nitrogen and oxygen atoms in total. The fourth-order valence-corrected chi connectivity index (χ4v) is 2.60. The van der Waals surface area contributed by atoms with Crippen LogP contribution >= 0.6 is 15.9 Å². The van der Waals surface area contributed by atoms with Crippen LogP contribution in [0.3, 0.4) is 0 Å². The van der Waals surface area contributed by atoms with E-state index in [4.69, 9.17) is 4.74 Å². The van der Waals surface area contributed by atoms with Gasteiger partial charge in [0.05, 0.1) is 6.10 Å². The Hall–Kier alpha value is -0.340. The molecule has 1 aromatic carbocycles. The highest BCUT2D eigenvalue weighted by Gasteiger charge is 2.17. The maximum atomic E-state index is 5.62. The molecule has 0 N–H and O–H groups in total. The fourth-order valence-electron chi connectivity index (χ4n) is 2.03. The van der Waals surface area contributed by atoms with Crippen LogP contribution in [0.5, 0.6) is 0 Å². The van der Waals surface area contributed by atoms with Crippen molar-refractivity contribution in [1.29, 1.82) is 0 Å². The Labute approximate surface area is 100.0 Å². The van der Waals surface area contributed by atoms with E-state index in [-0.39, 0.29) is 0 Å². The smallest absolute Gasteiger partial charge is 0.0576 e. The minimum atomic E-state index is 0.475. The number of benzene rings is 1. The van der Waals surface area contributed by atoms with Crippen molar-refractivity contribution in [3.63, 3.8) is 0 Å². The van der Waals surface area contributed by atoms with Crippen molar-refractivity contribution in [3.8, 4) is 0 Å². The van der Waals surface area contributed by atoms with E-state index in [2.05, 4.69) is 46.3 Å². The molecule has 82 valence electrons. The van der Waals surface area contributed by atoms with Crippen LogP contribution in [0.4, 0.5) is 0 Å². The van der Waals surface area contributed by atoms with Crippen LogP contribution in [0.15, 0.2) is 30.3 Å². The quantitative estimate of drug-likeness (QED) is 0.748. The molecule has 15 heavy (non-hydrogen) atoms. The van der Waals surface area contributed by atoms with E-state index in [0.29, 0.717) is 10.9 Å². The van der Waals surface area contributed by atoms with Gasteiger partial charge in [-0.15, -0.1) is 0 Å². The molecule has 0 bridgehead atoms. The summed E-state index contributed by atoms with van der Waals surface area (Å²) in [5.41, 5.74) is 1.37. The first-order chi connectivity index (χ1) is 7.36. The molecule has 0 amide bonds. The third-order valence-electron chi connectivity index (χ3n) is 2.93. The number of hydrogen-bond donors (Lipinski definition) is 0. The molecular weight excluding hydrogens is 252 g/mol. The van der Waals surface area contributed by atoms with Gasteiger partial charge in [0.25, 0.3) is 0 Å². The Balaban J connectivity index is 1.79. The predicted molar refractivity (Wildman–Crippen MR) is 66.3 cm³/mol. The Morgan fingerprint density at radius 3 is 2.80 bits per heavy atom. The standard InChI is InChI=1S/C13H17BrO/c14-13(11-5-2-1-3-6-11)9-8-12-7-4-10-15-12/h1-3,5-6,12-13H,4,7-10H2. The van der Waals surface area contributed by atoms with Crippen LogP contribution < -0.4 is 0 Å². The molecule has 1 saturated heterocycles. The van der Waals surface area contributed by atoms with E-state index in [9.17, 15) is 0 Å². The lowest BCUT2D eigenvalue weighted by atomic mass is 10.0. The summed E-state index contributed by atoms with van der Waals surface area (Å²) in [7, 11) is 0. The molecule has 1 aliphatic heterocycles. The zero-order chi connectivity index (χ0) is 10.5. The van der Waals surface area contributed by atoms with Gasteiger partial charge in [-0.25, -0.2) is 0 Å². The number of rotatable bonds is 4. The average molecular weight is 269 g/mol. The summed E-state index contributed by atoms with van der Waals surface area (Å²) in [6.07, 6.45) is 5.32. The van der Waals surface area contributed by atoms with Crippen molar-refractivity contribution in [1.82, 2.24) is 0 Å². The van der Waals surface area contributed by atoms with Crippen LogP contribution in [-0.4, -0.2) is 12.7 Å². The lowest BCUT2D eigenvalue weighted by Gasteiger charge is -2.13. The second-order valence-corrected chi connectivity index (χ2v) is 5.20. The van der Waals surface area contributed by atoms with E-state index in [1.807, 2.05) is 0 Å². The zero-order valence-electron chi connectivity index (χ0n) is 8.86. The third-order valence-corrected chi connectivity index (χ3v) is 3.91. The predicted octanol–water partition coefficient (Wildman–Crippen LogP) is 4.08. The lowest BCUT2D eigenvalue weighted by Crippen LogP contribution is -2.05. The summed E-state index contributed by atoms with van der Waals surface area (Å²) in [6, 6.07) is 10.6. The van der Waals surface area contributed by atoms with Gasteiger partial charge < -0.3 is 4.74 Å². The molecular formula is C13H17BrO. The molecule has 1 aromatic rings. The zero-order valence-corrected chi connectivity index (χ0v) is 10.4. The topological polar surface area (TPSA) is 9.23 Å². The van der Waals surface area contributed by atoms with Gasteiger partial charge in [0, 0.05) is 11.4 Å². The van der Waals surface area contributed by atoms with Gasteiger partial charge in [0.15, 0.2) is 0 Å². The molecule has 0 saturated carbocycles. The van der Waals surface area contributed by atoms with Gasteiger partial charge in [0.2, 0.25) is 0 Å². The lowest BCUT2D eigenvalue weighted by molar-refractivity contribution is 0.102. The first kappa shape index (κ1) is 11.2. The summed E-state index contributed by atoms with van der Waals surface area (Å²) < 4.78 is 5.62. The van der Waals surface area contributed by atoms with Crippen molar-refractivity contribution < 1.29 is 4.74 Å². The summed E-state index contributed by atoms with van der Waals surface area (Å²) in [6.45, 7) is 0.961. The minimum absolute atomic E-state index is 0.475. The molecule has 0 spiro atoms. The maximum absolute atomic E-state index is 5.62. The highest BCUT2D eigenvalue weighted by molar-refractivity contribution is 9.09. The SMILES string of the molecule is BrC(CCC1CCCO1)c1ccccc1. The Bertz CT molecular complexity index is 280. The van der Waals surface area contributed by atoms with Crippen molar-refractivity contribution in [3.05, 3.63) is 35.9 Å². The number of halogens is 1. The van der Waals surface area contributed by atoms with Crippen molar-refractivity contribution in [2.75, 3.05) is 6.61 Å². The molecule has 1 aliphatic rings. The van der Waals surface area contributed by atoms with Gasteiger partial charge in [-0.05, 0) is 31.2 Å². The van der Waals surface area contributed by atoms with Gasteiger partial charge in [0.1, 0.15) is 0 Å². The molecule has 2 atom stereocenters. The number of ether oxygens (including phenoxy) is 1. The van der Waals surface area contributed by atoms with Gasteiger partial charge >= 0.3 is 0 Å². The molecule has 1 heterocycles. The summed E-state index contributed by atoms with van der Waals surface area (Å²) in [5, 5.41) is 0. The van der Waals surface area contributed by atoms with Crippen LogP contribution in [0, 0.1) is 0 Å². The van der Waals surface area contributed by atoms with Gasteiger partial charge in [-0.2, -0.15) is 0 Å². The molecule has 2 unspecified atom stereocenters. The first-order valence-corrected chi connectivity index (χ1v) is 6.58. The number of hydrogen-bond acceptors (Lipinski definition) is 1. The highest BCUT2D eigenvalue weighted by Crippen LogP contribution is 2.30. The summed E-state index contributed by atoms with van der Waals surface area (Å²) >= 11 is 3.74. The summed E-state index contributed by atoms with van der Waals surface area (Å²) in [5.74, 6) is 0. The van der Waals surface area contributed by atoms with E-state index in [1.54, 1.807) is 0 Å². The van der Waals surface area contributed by atoms with Crippen molar-refractivity contribution in [2.24, 2.45) is 0 Å². The van der Waals surface area contributed by atoms with Crippen LogP contribution in [0.1, 0.15) is 36.1 Å². The number of alkyl halides is 1. The van der Waals surface area contributed by atoms with Crippen molar-refractivity contribution in [2.45, 2.75) is 36.6 Å². The second-order valence-electron chi connectivity index (χ2n) is 4.09. The monoisotopic (exact) mass is 268 g/mol. The molecule has 2 rings (SSSR count). The Morgan fingerprint density at radius 2 is 2.13 bits per heavy atom. The highest BCUT2D eigenvalue weighted by atomic mass is 79.9. The van der Waals surface area contributed by atoms with Gasteiger partial charge in [-0.3, -0.25) is 0 Å². The third kappa shape index (κ3) is 3.32. The molecule has 2 heteroatoms. The Morgan fingerprint density at radius 1 is 1.33 bits per heavy atom. The van der Waals surface area contributed by atoms with E-state index < -0.39 is 0 Å². The molecule has 0 aliphatic carbocycles. The van der Waals surface area contributed by atoms with E-state index >= 15 is 0 Å². The Kier molecular flexibility index (Phi) is 4.21. The molecule has 0 aromatic heterocycles. The van der Waals surface area contributed by atoms with E-state index in [1.165, 1.54) is 24.8 Å². The van der Waals surface area contributed by atoms with Crippen LogP contribution in [-0.2, 0) is 4.74 Å². The largest absolute Gasteiger partial charge is 0.378 e. The molecule has 1 fully saturated rings. The normalized spacial score (nSPS) is 22.9. The first-order valence-electron chi connectivity index (χ1n) is 5.67. The maximum Gasteiger partial charge on any atom is 0.0576 e. The van der Waals surface area contributed by atoms with Crippen LogP contribution in [0.2, 0.25) is 0 Å². The summed E-state index contributed by atoms with van der Waals surface area (Å²) in [4.78, 5) is 0.475.